The van der Waals surface area contributed by atoms with Crippen LogP contribution in [-0.2, 0) is 4.74 Å². The molecule has 0 aliphatic rings. The van der Waals surface area contributed by atoms with Gasteiger partial charge >= 0.3 is 5.97 Å². The lowest BCUT2D eigenvalue weighted by atomic mass is 10.1. The zero-order chi connectivity index (χ0) is 19.4. The summed E-state index contributed by atoms with van der Waals surface area (Å²) in [5.41, 5.74) is 1.45. The van der Waals surface area contributed by atoms with E-state index < -0.39 is 12.6 Å². The molecule has 27 heavy (non-hydrogen) atoms. The van der Waals surface area contributed by atoms with Crippen molar-refractivity contribution in [2.75, 3.05) is 13.7 Å². The Morgan fingerprint density at radius 2 is 1.85 bits per heavy atom. The highest BCUT2D eigenvalue weighted by atomic mass is 35.5. The van der Waals surface area contributed by atoms with Crippen LogP contribution < -0.4 is 4.74 Å². The van der Waals surface area contributed by atoms with Crippen LogP contribution in [-0.4, -0.2) is 40.5 Å². The number of esters is 1. The number of ketones is 1. The second-order valence-corrected chi connectivity index (χ2v) is 6.07. The number of carbonyl (C=O) groups is 2. The van der Waals surface area contributed by atoms with Gasteiger partial charge in [0.1, 0.15) is 5.75 Å². The molecule has 0 atom stereocenters. The fourth-order valence-electron chi connectivity index (χ4n) is 2.34. The summed E-state index contributed by atoms with van der Waals surface area (Å²) in [4.78, 5) is 25.7. The Bertz CT molecular complexity index is 983. The van der Waals surface area contributed by atoms with Crippen LogP contribution in [0.1, 0.15) is 26.5 Å². The molecule has 0 unspecified atom stereocenters. The van der Waals surface area contributed by atoms with Crippen LogP contribution in [0.3, 0.4) is 0 Å². The van der Waals surface area contributed by atoms with Gasteiger partial charge in [0.15, 0.2) is 18.1 Å². The number of hydrogen-bond acceptors (Lipinski definition) is 6. The molecule has 0 aliphatic carbocycles. The first-order valence-corrected chi connectivity index (χ1v) is 8.40. The van der Waals surface area contributed by atoms with Gasteiger partial charge in [-0.1, -0.05) is 17.7 Å². The highest BCUT2D eigenvalue weighted by molar-refractivity contribution is 6.30. The van der Waals surface area contributed by atoms with E-state index in [0.29, 0.717) is 27.7 Å². The molecule has 0 saturated carbocycles. The van der Waals surface area contributed by atoms with Gasteiger partial charge in [-0.3, -0.25) is 4.79 Å². The summed E-state index contributed by atoms with van der Waals surface area (Å²) in [5.74, 6) is -0.412. The average Bonchev–Trinajstić information content (AvgIpc) is 3.08. The second kappa shape index (κ2) is 8.01. The number of rotatable bonds is 6. The number of nitrogens with zero attached hydrogens (tertiary/aromatic N) is 3. The summed E-state index contributed by atoms with van der Waals surface area (Å²) in [6.45, 7) is 1.24. The number of aryl methyl sites for hydroxylation is 1. The molecule has 0 amide bonds. The molecule has 1 heterocycles. The molecule has 0 bridgehead atoms. The van der Waals surface area contributed by atoms with Crippen molar-refractivity contribution in [3.8, 4) is 11.4 Å². The normalized spacial score (nSPS) is 10.5. The Balaban J connectivity index is 1.68. The number of carbonyl (C=O) groups excluding carboxylic acids is 2. The van der Waals surface area contributed by atoms with Crippen LogP contribution in [0.25, 0.3) is 5.69 Å². The zero-order valence-electron chi connectivity index (χ0n) is 14.7. The van der Waals surface area contributed by atoms with Crippen molar-refractivity contribution in [1.82, 2.24) is 15.0 Å². The number of ether oxygens (including phenoxy) is 2. The molecule has 8 heteroatoms. The Kier molecular flexibility index (Phi) is 5.52. The van der Waals surface area contributed by atoms with Crippen molar-refractivity contribution in [3.63, 3.8) is 0 Å². The van der Waals surface area contributed by atoms with E-state index in [1.165, 1.54) is 11.9 Å². The number of aromatic nitrogens is 3. The smallest absolute Gasteiger partial charge is 0.361 e. The van der Waals surface area contributed by atoms with Crippen LogP contribution in [0.2, 0.25) is 5.02 Å². The van der Waals surface area contributed by atoms with E-state index in [1.54, 1.807) is 55.5 Å². The molecule has 3 rings (SSSR count). The van der Waals surface area contributed by atoms with Gasteiger partial charge in [-0.25, -0.2) is 4.79 Å². The number of halogens is 1. The fourth-order valence-corrected chi connectivity index (χ4v) is 2.53. The lowest BCUT2D eigenvalue weighted by Gasteiger charge is -2.04. The summed E-state index contributed by atoms with van der Waals surface area (Å²) in [6, 6.07) is 13.4. The summed E-state index contributed by atoms with van der Waals surface area (Å²) >= 11 is 5.96. The third kappa shape index (κ3) is 4.32. The Labute approximate surface area is 160 Å². The maximum atomic E-state index is 12.3. The predicted molar refractivity (Wildman–Crippen MR) is 98.7 cm³/mol. The molecule has 0 radical (unpaired) electrons. The lowest BCUT2D eigenvalue weighted by Crippen LogP contribution is -2.15. The molecule has 138 valence electrons. The van der Waals surface area contributed by atoms with E-state index in [4.69, 9.17) is 21.1 Å². The van der Waals surface area contributed by atoms with E-state index in [0.717, 1.165) is 0 Å². The van der Waals surface area contributed by atoms with Crippen molar-refractivity contribution in [1.29, 1.82) is 0 Å². The monoisotopic (exact) mass is 385 g/mol. The van der Waals surface area contributed by atoms with Gasteiger partial charge in [0.25, 0.3) is 0 Å². The first-order valence-electron chi connectivity index (χ1n) is 8.02. The molecule has 0 spiro atoms. The third-order valence-corrected chi connectivity index (χ3v) is 4.00. The van der Waals surface area contributed by atoms with Crippen LogP contribution in [0.5, 0.6) is 5.75 Å². The predicted octanol–water partition coefficient (Wildman–Crippen LogP) is 3.28. The van der Waals surface area contributed by atoms with Gasteiger partial charge in [-0.2, -0.15) is 9.90 Å². The Morgan fingerprint density at radius 3 is 2.52 bits per heavy atom. The van der Waals surface area contributed by atoms with Gasteiger partial charge < -0.3 is 9.47 Å². The maximum absolute atomic E-state index is 12.3. The first-order chi connectivity index (χ1) is 13.0. The van der Waals surface area contributed by atoms with Crippen molar-refractivity contribution < 1.29 is 19.1 Å². The van der Waals surface area contributed by atoms with Crippen molar-refractivity contribution in [3.05, 3.63) is 70.5 Å². The lowest BCUT2D eigenvalue weighted by molar-refractivity contribution is 0.0467. The summed E-state index contributed by atoms with van der Waals surface area (Å²) < 4.78 is 10.1. The highest BCUT2D eigenvalue weighted by Gasteiger charge is 2.19. The quantitative estimate of drug-likeness (QED) is 0.478. The Hall–Kier alpha value is -3.19. The molecule has 0 saturated heterocycles. The second-order valence-electron chi connectivity index (χ2n) is 5.63. The molecular weight excluding hydrogens is 370 g/mol. The van der Waals surface area contributed by atoms with Gasteiger partial charge in [0.2, 0.25) is 0 Å². The maximum Gasteiger partial charge on any atom is 0.361 e. The standard InChI is InChI=1S/C19H16ClN3O4/c1-12-18(22-23(21-12)15-5-3-4-14(20)10-15)19(25)27-11-17(24)13-6-8-16(26-2)9-7-13/h3-10H,11H2,1-2H3. The summed E-state index contributed by atoms with van der Waals surface area (Å²) in [5, 5.41) is 8.86. The molecule has 0 N–H and O–H groups in total. The Morgan fingerprint density at radius 1 is 1.11 bits per heavy atom. The van der Waals surface area contributed by atoms with Crippen LogP contribution in [0, 0.1) is 6.92 Å². The van der Waals surface area contributed by atoms with Gasteiger partial charge in [-0.15, -0.1) is 5.10 Å². The molecule has 1 aromatic heterocycles. The molecule has 2 aromatic carbocycles. The van der Waals surface area contributed by atoms with Crippen molar-refractivity contribution in [2.24, 2.45) is 0 Å². The fraction of sp³-hybridized carbons (Fsp3) is 0.158. The van der Waals surface area contributed by atoms with Gasteiger partial charge in [-0.05, 0) is 49.4 Å². The van der Waals surface area contributed by atoms with E-state index in [1.807, 2.05) is 0 Å². The molecule has 0 aliphatic heterocycles. The summed E-state index contributed by atoms with van der Waals surface area (Å²) in [7, 11) is 1.54. The number of Topliss-reactive ketones (excluding diaryl/α,β-unsaturated/α-hetero) is 1. The molecule has 7 nitrogen and oxygen atoms in total. The minimum atomic E-state index is -0.720. The number of benzene rings is 2. The van der Waals surface area contributed by atoms with Crippen LogP contribution in [0.4, 0.5) is 0 Å². The van der Waals surface area contributed by atoms with E-state index in [9.17, 15) is 9.59 Å². The molecular formula is C19H16ClN3O4. The van der Waals surface area contributed by atoms with E-state index in [2.05, 4.69) is 10.2 Å². The van der Waals surface area contributed by atoms with Crippen LogP contribution in [0.15, 0.2) is 48.5 Å². The highest BCUT2D eigenvalue weighted by Crippen LogP contribution is 2.15. The number of methoxy groups -OCH3 is 1. The SMILES string of the molecule is COc1ccc(C(=O)COC(=O)c2nn(-c3cccc(Cl)c3)nc2C)cc1. The summed E-state index contributed by atoms with van der Waals surface area (Å²) in [6.07, 6.45) is 0. The largest absolute Gasteiger partial charge is 0.497 e. The molecule has 3 aromatic rings. The van der Waals surface area contributed by atoms with Crippen molar-refractivity contribution >= 4 is 23.4 Å². The van der Waals surface area contributed by atoms with Crippen LogP contribution >= 0.6 is 11.6 Å². The first kappa shape index (κ1) is 18.6. The third-order valence-electron chi connectivity index (χ3n) is 3.76. The van der Waals surface area contributed by atoms with Gasteiger partial charge in [0.05, 0.1) is 18.5 Å². The minimum absolute atomic E-state index is 0.0394. The zero-order valence-corrected chi connectivity index (χ0v) is 15.4. The topological polar surface area (TPSA) is 83.3 Å². The van der Waals surface area contributed by atoms with E-state index >= 15 is 0 Å². The number of hydrogen-bond donors (Lipinski definition) is 0. The van der Waals surface area contributed by atoms with Crippen molar-refractivity contribution in [2.45, 2.75) is 6.92 Å². The molecule has 0 fully saturated rings. The van der Waals surface area contributed by atoms with E-state index in [-0.39, 0.29) is 11.5 Å². The van der Waals surface area contributed by atoms with Gasteiger partial charge in [0, 0.05) is 10.6 Å². The average molecular weight is 386 g/mol. The minimum Gasteiger partial charge on any atom is -0.497 e.